The van der Waals surface area contributed by atoms with Crippen molar-refractivity contribution in [2.45, 2.75) is 44.6 Å². The molecule has 0 radical (unpaired) electrons. The van der Waals surface area contributed by atoms with E-state index in [9.17, 15) is 0 Å². The van der Waals surface area contributed by atoms with Crippen molar-refractivity contribution in [2.75, 3.05) is 20.2 Å². The quantitative estimate of drug-likeness (QED) is 0.698. The van der Waals surface area contributed by atoms with Crippen LogP contribution >= 0.6 is 0 Å². The summed E-state index contributed by atoms with van der Waals surface area (Å²) in [7, 11) is 2.01. The zero-order valence-corrected chi connectivity index (χ0v) is 8.36. The summed E-state index contributed by atoms with van der Waals surface area (Å²) in [6.45, 7) is 3.95. The van der Waals surface area contributed by atoms with Gasteiger partial charge in [0.1, 0.15) is 0 Å². The van der Waals surface area contributed by atoms with Crippen LogP contribution in [0, 0.1) is 0 Å². The van der Waals surface area contributed by atoms with Gasteiger partial charge in [0.15, 0.2) is 0 Å². The fourth-order valence-corrected chi connectivity index (χ4v) is 2.20. The summed E-state index contributed by atoms with van der Waals surface area (Å²) in [6.07, 6.45) is 6.53. The van der Waals surface area contributed by atoms with Gasteiger partial charge in [-0.25, -0.2) is 0 Å². The molecule has 72 valence electrons. The van der Waals surface area contributed by atoms with E-state index in [1.54, 1.807) is 0 Å². The number of nitrogens with one attached hydrogen (secondary N) is 1. The minimum Gasteiger partial charge on any atom is -0.374 e. The lowest BCUT2D eigenvalue weighted by molar-refractivity contribution is -0.0617. The zero-order chi connectivity index (χ0) is 8.86. The molecule has 0 bridgehead atoms. The average molecular weight is 171 g/mol. The minimum absolute atomic E-state index is 0.168. The molecule has 1 aliphatic rings. The van der Waals surface area contributed by atoms with Crippen molar-refractivity contribution in [2.24, 2.45) is 0 Å². The lowest BCUT2D eigenvalue weighted by Crippen LogP contribution is -2.43. The Hall–Kier alpha value is -0.0800. The Balaban J connectivity index is 2.44. The van der Waals surface area contributed by atoms with E-state index in [2.05, 4.69) is 12.2 Å². The van der Waals surface area contributed by atoms with E-state index in [0.29, 0.717) is 0 Å². The molecule has 0 amide bonds. The Morgan fingerprint density at radius 3 is 2.42 bits per heavy atom. The molecule has 12 heavy (non-hydrogen) atoms. The summed E-state index contributed by atoms with van der Waals surface area (Å²) >= 11 is 0. The smallest absolute Gasteiger partial charge is 0.0806 e. The second-order valence-corrected chi connectivity index (χ2v) is 3.71. The first-order chi connectivity index (χ1) is 5.83. The number of ether oxygens (including phenoxy) is 1. The van der Waals surface area contributed by atoms with Gasteiger partial charge in [-0.2, -0.15) is 0 Å². The monoisotopic (exact) mass is 171 g/mol. The predicted octanol–water partition coefficient (Wildman–Crippen LogP) is 1.95. The van der Waals surface area contributed by atoms with Gasteiger partial charge in [-0.1, -0.05) is 19.3 Å². The highest BCUT2D eigenvalue weighted by Crippen LogP contribution is 2.30. The van der Waals surface area contributed by atoms with Gasteiger partial charge in [0.2, 0.25) is 0 Å². The molecule has 0 aromatic heterocycles. The molecule has 2 heteroatoms. The van der Waals surface area contributed by atoms with Gasteiger partial charge in [-0.05, 0) is 26.8 Å². The van der Waals surface area contributed by atoms with Crippen LogP contribution in [0.3, 0.4) is 0 Å². The number of hydrogen-bond acceptors (Lipinski definition) is 2. The molecule has 0 atom stereocenters. The summed E-state index contributed by atoms with van der Waals surface area (Å²) in [5.41, 5.74) is 0.168. The van der Waals surface area contributed by atoms with Crippen molar-refractivity contribution < 1.29 is 4.74 Å². The maximum absolute atomic E-state index is 5.85. The molecule has 2 nitrogen and oxygen atoms in total. The third-order valence-corrected chi connectivity index (χ3v) is 2.71. The highest BCUT2D eigenvalue weighted by atomic mass is 16.5. The van der Waals surface area contributed by atoms with E-state index in [1.165, 1.54) is 32.1 Å². The molecule has 1 aliphatic carbocycles. The van der Waals surface area contributed by atoms with Crippen molar-refractivity contribution in [3.05, 3.63) is 0 Å². The summed E-state index contributed by atoms with van der Waals surface area (Å²) in [5.74, 6) is 0. The lowest BCUT2D eigenvalue weighted by Gasteiger charge is -2.36. The standard InChI is InChI=1S/C10H21NO/c1-3-12-10(9-11-2)7-5-4-6-8-10/h11H,3-9H2,1-2H3. The van der Waals surface area contributed by atoms with E-state index >= 15 is 0 Å². The van der Waals surface area contributed by atoms with Crippen LogP contribution in [0.15, 0.2) is 0 Å². The normalized spacial score (nSPS) is 22.5. The maximum Gasteiger partial charge on any atom is 0.0806 e. The molecule has 0 aromatic carbocycles. The Bertz CT molecular complexity index is 103. The SMILES string of the molecule is CCOC1(CNC)CCCCC1. The Labute approximate surface area is 75.7 Å². The van der Waals surface area contributed by atoms with E-state index in [-0.39, 0.29) is 5.60 Å². The summed E-state index contributed by atoms with van der Waals surface area (Å²) in [5, 5.41) is 3.24. The first kappa shape index (κ1) is 10.0. The van der Waals surface area contributed by atoms with Crippen LogP contribution in [0.25, 0.3) is 0 Å². The van der Waals surface area contributed by atoms with E-state index in [4.69, 9.17) is 4.74 Å². The van der Waals surface area contributed by atoms with E-state index in [1.807, 2.05) is 7.05 Å². The molecular weight excluding hydrogens is 150 g/mol. The average Bonchev–Trinajstić information content (AvgIpc) is 2.07. The molecule has 1 N–H and O–H groups in total. The van der Waals surface area contributed by atoms with Gasteiger partial charge < -0.3 is 10.1 Å². The molecule has 1 rings (SSSR count). The van der Waals surface area contributed by atoms with E-state index < -0.39 is 0 Å². The second kappa shape index (κ2) is 4.83. The molecule has 0 saturated heterocycles. The molecule has 1 saturated carbocycles. The van der Waals surface area contributed by atoms with Crippen molar-refractivity contribution in [3.63, 3.8) is 0 Å². The predicted molar refractivity (Wildman–Crippen MR) is 51.4 cm³/mol. The molecule has 0 heterocycles. The molecule has 0 aromatic rings. The van der Waals surface area contributed by atoms with Gasteiger partial charge in [0.25, 0.3) is 0 Å². The minimum atomic E-state index is 0.168. The first-order valence-corrected chi connectivity index (χ1v) is 5.11. The summed E-state index contributed by atoms with van der Waals surface area (Å²) in [6, 6.07) is 0. The molecule has 1 fully saturated rings. The molecule has 0 spiro atoms. The van der Waals surface area contributed by atoms with Crippen LogP contribution in [0.1, 0.15) is 39.0 Å². The largest absolute Gasteiger partial charge is 0.374 e. The molecule has 0 aliphatic heterocycles. The van der Waals surface area contributed by atoms with Crippen LogP contribution in [0.4, 0.5) is 0 Å². The van der Waals surface area contributed by atoms with Crippen molar-refractivity contribution >= 4 is 0 Å². The topological polar surface area (TPSA) is 21.3 Å². The third-order valence-electron chi connectivity index (χ3n) is 2.71. The third kappa shape index (κ3) is 2.46. The van der Waals surface area contributed by atoms with Gasteiger partial charge in [-0.3, -0.25) is 0 Å². The fraction of sp³-hybridized carbons (Fsp3) is 1.00. The van der Waals surface area contributed by atoms with Crippen LogP contribution in [0.2, 0.25) is 0 Å². The van der Waals surface area contributed by atoms with Gasteiger partial charge >= 0.3 is 0 Å². The Morgan fingerprint density at radius 1 is 1.25 bits per heavy atom. The van der Waals surface area contributed by atoms with Crippen molar-refractivity contribution in [1.29, 1.82) is 0 Å². The van der Waals surface area contributed by atoms with Gasteiger partial charge in [0.05, 0.1) is 5.60 Å². The summed E-state index contributed by atoms with van der Waals surface area (Å²) < 4.78 is 5.85. The number of likely N-dealkylation sites (N-methyl/N-ethyl adjacent to an activating group) is 1. The van der Waals surface area contributed by atoms with Crippen molar-refractivity contribution in [3.8, 4) is 0 Å². The Kier molecular flexibility index (Phi) is 4.02. The van der Waals surface area contributed by atoms with Crippen LogP contribution < -0.4 is 5.32 Å². The Morgan fingerprint density at radius 2 is 1.92 bits per heavy atom. The van der Waals surface area contributed by atoms with Gasteiger partial charge in [-0.15, -0.1) is 0 Å². The molecular formula is C10H21NO. The van der Waals surface area contributed by atoms with Crippen molar-refractivity contribution in [1.82, 2.24) is 5.32 Å². The lowest BCUT2D eigenvalue weighted by atomic mass is 9.84. The fourth-order valence-electron chi connectivity index (χ4n) is 2.20. The zero-order valence-electron chi connectivity index (χ0n) is 8.36. The van der Waals surface area contributed by atoms with Gasteiger partial charge in [0, 0.05) is 13.2 Å². The van der Waals surface area contributed by atoms with Crippen LogP contribution in [-0.4, -0.2) is 25.8 Å². The number of hydrogen-bond donors (Lipinski definition) is 1. The highest BCUT2D eigenvalue weighted by Gasteiger charge is 2.31. The maximum atomic E-state index is 5.85. The van der Waals surface area contributed by atoms with Crippen LogP contribution in [-0.2, 0) is 4.74 Å². The van der Waals surface area contributed by atoms with E-state index in [0.717, 1.165) is 13.2 Å². The first-order valence-electron chi connectivity index (χ1n) is 5.11. The number of rotatable bonds is 4. The van der Waals surface area contributed by atoms with Crippen LogP contribution in [0.5, 0.6) is 0 Å². The molecule has 0 unspecified atom stereocenters. The second-order valence-electron chi connectivity index (χ2n) is 3.71. The summed E-state index contributed by atoms with van der Waals surface area (Å²) in [4.78, 5) is 0. The highest BCUT2D eigenvalue weighted by molar-refractivity contribution is 4.85.